The zero-order valence-electron chi connectivity index (χ0n) is 56.5. The first-order valence-corrected chi connectivity index (χ1v) is 33.0. The number of imide groups is 2. The number of carbonyl (C=O) groups excluding carboxylic acids is 4. The van der Waals surface area contributed by atoms with Crippen LogP contribution in [0.3, 0.4) is 0 Å². The van der Waals surface area contributed by atoms with Crippen LogP contribution < -0.4 is 14.2 Å². The first kappa shape index (κ1) is 71.2. The molecule has 16 nitrogen and oxygen atoms in total. The third-order valence-corrected chi connectivity index (χ3v) is 17.6. The third kappa shape index (κ3) is 18.0. The number of alkyl halides is 1. The number of phenolic OH excluding ortho intramolecular Hbond substituents is 1. The molecule has 0 spiro atoms. The van der Waals surface area contributed by atoms with Gasteiger partial charge in [-0.05, 0) is 152 Å². The number of amides is 4. The average Bonchev–Trinajstić information content (AvgIpc) is 1.57. The van der Waals surface area contributed by atoms with Crippen LogP contribution in [-0.2, 0) is 55.2 Å². The van der Waals surface area contributed by atoms with Gasteiger partial charge in [0.15, 0.2) is 0 Å². The number of benzene rings is 8. The van der Waals surface area contributed by atoms with Crippen LogP contribution in [0.2, 0.25) is 0 Å². The van der Waals surface area contributed by atoms with Gasteiger partial charge in [0.25, 0.3) is 0 Å². The molecule has 0 aliphatic carbocycles. The van der Waals surface area contributed by atoms with Gasteiger partial charge in [0.1, 0.15) is 67.0 Å². The predicted octanol–water partition coefficient (Wildman–Crippen LogP) is 17.5. The normalized spacial score (nSPS) is 15.0. The summed E-state index contributed by atoms with van der Waals surface area (Å²) in [5, 5.41) is 17.7. The zero-order chi connectivity index (χ0) is 70.4. The number of hydrogen-bond donors (Lipinski definition) is 1. The maximum atomic E-state index is 15.1. The van der Waals surface area contributed by atoms with Crippen molar-refractivity contribution < 1.29 is 65.8 Å². The number of aromatic hydroxyl groups is 1. The highest BCUT2D eigenvalue weighted by molar-refractivity contribution is 6.17. The van der Waals surface area contributed by atoms with Crippen LogP contribution >= 0.6 is 11.6 Å². The molecule has 4 heterocycles. The quantitative estimate of drug-likeness (QED) is 0.0708. The maximum absolute atomic E-state index is 15.1. The average molecular weight is 1360 g/mol. The molecule has 2 aromatic heterocycles. The van der Waals surface area contributed by atoms with E-state index < -0.39 is 30.1 Å². The van der Waals surface area contributed by atoms with Crippen LogP contribution in [0.1, 0.15) is 122 Å². The lowest BCUT2D eigenvalue weighted by Gasteiger charge is -2.24. The molecule has 0 bridgehead atoms. The van der Waals surface area contributed by atoms with E-state index in [4.69, 9.17) is 44.3 Å². The van der Waals surface area contributed by atoms with Gasteiger partial charge in [-0.25, -0.2) is 28.2 Å². The van der Waals surface area contributed by atoms with Crippen molar-refractivity contribution in [2.75, 3.05) is 27.4 Å². The Morgan fingerprint density at radius 2 is 0.939 bits per heavy atom. The van der Waals surface area contributed by atoms with Crippen molar-refractivity contribution in [2.45, 2.75) is 114 Å². The number of cyclic esters (lactones) is 2. The molecule has 2 saturated heterocycles. The predicted molar refractivity (Wildman–Crippen MR) is 373 cm³/mol. The lowest BCUT2D eigenvalue weighted by atomic mass is 9.81. The first-order valence-electron chi connectivity index (χ1n) is 32.5. The van der Waals surface area contributed by atoms with Crippen molar-refractivity contribution in [2.24, 2.45) is 0 Å². The summed E-state index contributed by atoms with van der Waals surface area (Å²) in [6.45, 7) is 13.2. The minimum absolute atomic E-state index is 0.00311. The van der Waals surface area contributed by atoms with Crippen LogP contribution in [0.5, 0.6) is 23.0 Å². The second kappa shape index (κ2) is 32.2. The summed E-state index contributed by atoms with van der Waals surface area (Å²) in [5.41, 5.74) is 11.1. The molecular weight excluding hydrogens is 1280 g/mol. The van der Waals surface area contributed by atoms with Crippen LogP contribution in [0, 0.1) is 11.6 Å². The molecule has 0 saturated carbocycles. The SMILES string of the molecule is COc1ccc(F)c(-c2cc(CCl)ccc2C(C)(C)C)c1.COc1ccc(F)c(-c2cc(COc3ccc([C@H](CC(=O)N4C(=O)OCC4Cc4ccccc4)c4ccon4)cc3)ccc2C(C)(C)C)c1.O=C(C[C@@H](c1ccc(O)cc1)c1ccon1)N1C(=O)OCC1Cc1ccccc1. The van der Waals surface area contributed by atoms with Gasteiger partial charge in [-0.15, -0.1) is 11.6 Å². The molecule has 2 fully saturated rings. The number of phenols is 1. The largest absolute Gasteiger partial charge is 0.508 e. The van der Waals surface area contributed by atoms with Gasteiger partial charge in [-0.2, -0.15) is 0 Å². The Morgan fingerprint density at radius 3 is 1.34 bits per heavy atom. The van der Waals surface area contributed by atoms with E-state index in [0.29, 0.717) is 58.5 Å². The van der Waals surface area contributed by atoms with E-state index >= 15 is 4.39 Å². The monoisotopic (exact) mass is 1360 g/mol. The lowest BCUT2D eigenvalue weighted by molar-refractivity contribution is -0.130. The molecule has 4 amide bonds. The molecule has 4 atom stereocenters. The smallest absolute Gasteiger partial charge is 0.416 e. The Morgan fingerprint density at radius 1 is 0.525 bits per heavy atom. The molecule has 512 valence electrons. The van der Waals surface area contributed by atoms with Crippen LogP contribution in [0.4, 0.5) is 18.4 Å². The highest BCUT2D eigenvalue weighted by atomic mass is 35.5. The van der Waals surface area contributed by atoms with E-state index in [-0.39, 0.29) is 78.7 Å². The Kier molecular flexibility index (Phi) is 23.1. The summed E-state index contributed by atoms with van der Waals surface area (Å²) in [7, 11) is 3.14. The molecule has 12 rings (SSSR count). The Bertz CT molecular complexity index is 4350. The topological polar surface area (TPSA) is 193 Å². The molecule has 99 heavy (non-hydrogen) atoms. The van der Waals surface area contributed by atoms with Gasteiger partial charge < -0.3 is 37.8 Å². The zero-order valence-corrected chi connectivity index (χ0v) is 57.2. The number of aromatic nitrogens is 2. The lowest BCUT2D eigenvalue weighted by Crippen LogP contribution is -2.40. The van der Waals surface area contributed by atoms with Crippen molar-refractivity contribution in [1.82, 2.24) is 20.1 Å². The van der Waals surface area contributed by atoms with Crippen LogP contribution in [0.15, 0.2) is 216 Å². The summed E-state index contributed by atoms with van der Waals surface area (Å²) in [5.74, 6) is 0.236. The molecule has 0 radical (unpaired) electrons. The third-order valence-electron chi connectivity index (χ3n) is 17.3. The number of hydrogen-bond acceptors (Lipinski definition) is 14. The Hall–Kier alpha value is -10.6. The van der Waals surface area contributed by atoms with E-state index in [1.54, 1.807) is 74.9 Å². The van der Waals surface area contributed by atoms with Gasteiger partial charge in [0, 0.05) is 53.8 Å². The van der Waals surface area contributed by atoms with Crippen molar-refractivity contribution in [1.29, 1.82) is 0 Å². The maximum Gasteiger partial charge on any atom is 0.416 e. The highest BCUT2D eigenvalue weighted by Crippen LogP contribution is 2.40. The van der Waals surface area contributed by atoms with Gasteiger partial charge in [-0.1, -0.05) is 161 Å². The molecule has 2 aliphatic heterocycles. The minimum Gasteiger partial charge on any atom is -0.508 e. The molecule has 8 aromatic carbocycles. The van der Waals surface area contributed by atoms with Gasteiger partial charge in [0.05, 0.1) is 37.7 Å². The highest BCUT2D eigenvalue weighted by Gasteiger charge is 2.41. The number of ether oxygens (including phenoxy) is 5. The van der Waals surface area contributed by atoms with Crippen LogP contribution in [-0.4, -0.2) is 88.7 Å². The van der Waals surface area contributed by atoms with Crippen molar-refractivity contribution >= 4 is 35.6 Å². The van der Waals surface area contributed by atoms with Gasteiger partial charge in [-0.3, -0.25) is 9.59 Å². The van der Waals surface area contributed by atoms with Crippen molar-refractivity contribution in [3.8, 4) is 45.3 Å². The standard InChI is InChI=1S/C40H39FN2O6.C22H20N2O5.C18H20ClFO/c1-40(2,3)35-16-10-27(21-33(35)34-22-31(46-4)15-17-36(34)41)24-47-30-13-11-28(12-14-30)32(37-18-19-49-42-37)23-38(44)43-29(25-48-39(43)45)20-26-8-6-5-7-9-26;25-18-8-6-16(7-9-18)19(20-10-11-29-23-20)13-21(26)24-17(14-28-22(24)27)12-15-4-2-1-3-5-15;1-18(2,3)16-7-5-12(11-19)9-14(16)15-10-13(21-4)6-8-17(15)20/h5-19,21-22,29,32H,20,23-25H2,1-4H3;1-11,17,19,25H,12-14H2;5-10H,11H2,1-4H3/t29?,32-;17?,19-;/m00./s1. The van der Waals surface area contributed by atoms with Gasteiger partial charge in [0.2, 0.25) is 11.8 Å². The summed E-state index contributed by atoms with van der Waals surface area (Å²) < 4.78 is 66.7. The number of halogens is 3. The minimum atomic E-state index is -0.638. The second-order valence-corrected chi connectivity index (χ2v) is 26.5. The molecule has 2 unspecified atom stereocenters. The fourth-order valence-electron chi connectivity index (χ4n) is 12.2. The number of carbonyl (C=O) groups is 4. The van der Waals surface area contributed by atoms with E-state index in [0.717, 1.165) is 55.6 Å². The van der Waals surface area contributed by atoms with Crippen molar-refractivity contribution in [3.63, 3.8) is 0 Å². The summed E-state index contributed by atoms with van der Waals surface area (Å²) in [6.07, 6.45) is 2.70. The molecule has 1 N–H and O–H groups in total. The number of rotatable bonds is 20. The summed E-state index contributed by atoms with van der Waals surface area (Å²) >= 11 is 5.93. The fraction of sp³-hybridized carbons (Fsp3) is 0.275. The number of nitrogens with zero attached hydrogens (tertiary/aromatic N) is 4. The van der Waals surface area contributed by atoms with Gasteiger partial charge >= 0.3 is 12.2 Å². The number of methoxy groups -OCH3 is 2. The van der Waals surface area contributed by atoms with Crippen molar-refractivity contribution in [3.05, 3.63) is 274 Å². The molecule has 19 heteroatoms. The van der Waals surface area contributed by atoms with E-state index in [1.165, 1.54) is 34.5 Å². The van der Waals surface area contributed by atoms with E-state index in [9.17, 15) is 28.7 Å². The first-order chi connectivity index (χ1) is 47.6. The van der Waals surface area contributed by atoms with E-state index in [2.05, 4.69) is 51.9 Å². The fourth-order valence-corrected chi connectivity index (χ4v) is 12.4. The Balaban J connectivity index is 0.000000179. The van der Waals surface area contributed by atoms with E-state index in [1.807, 2.05) is 121 Å². The molecule has 10 aromatic rings. The molecule has 2 aliphatic rings. The summed E-state index contributed by atoms with van der Waals surface area (Å²) in [6, 6.07) is 57.6. The van der Waals surface area contributed by atoms with Crippen LogP contribution in [0.25, 0.3) is 22.3 Å². The Labute approximate surface area is 580 Å². The second-order valence-electron chi connectivity index (χ2n) is 26.3. The summed E-state index contributed by atoms with van der Waals surface area (Å²) in [4.78, 5) is 54.2. The molecular formula is C80H79ClF2N4O12.